The molecular weight excluding hydrogens is 378 g/mol. The summed E-state index contributed by atoms with van der Waals surface area (Å²) in [7, 11) is 0. The first-order valence-electron chi connectivity index (χ1n) is 9.63. The molecule has 0 atom stereocenters. The number of hydrogen-bond donors (Lipinski definition) is 0. The van der Waals surface area contributed by atoms with E-state index in [2.05, 4.69) is 15.2 Å². The van der Waals surface area contributed by atoms with Gasteiger partial charge in [0.25, 0.3) is 5.56 Å². The maximum absolute atomic E-state index is 13.0. The van der Waals surface area contributed by atoms with Crippen molar-refractivity contribution >= 4 is 5.52 Å². The van der Waals surface area contributed by atoms with E-state index in [1.165, 1.54) is 0 Å². The summed E-state index contributed by atoms with van der Waals surface area (Å²) in [4.78, 5) is 17.4. The smallest absolute Gasteiger partial charge is 0.277 e. The third-order valence-electron chi connectivity index (χ3n) is 5.07. The normalized spacial score (nSPS) is 11.3. The molecule has 30 heavy (non-hydrogen) atoms. The Labute approximate surface area is 172 Å². The highest BCUT2D eigenvalue weighted by atomic mass is 16.5. The maximum atomic E-state index is 13.0. The topological polar surface area (TPSA) is 78.2 Å². The van der Waals surface area contributed by atoms with Crippen LogP contribution in [-0.4, -0.2) is 24.3 Å². The van der Waals surface area contributed by atoms with Gasteiger partial charge in [0, 0.05) is 23.5 Å². The zero-order chi connectivity index (χ0) is 20.7. The molecular formula is C23H19N5O2. The van der Waals surface area contributed by atoms with Crippen molar-refractivity contribution in [1.29, 1.82) is 0 Å². The summed E-state index contributed by atoms with van der Waals surface area (Å²) in [6, 6.07) is 17.7. The van der Waals surface area contributed by atoms with E-state index in [-0.39, 0.29) is 12.1 Å². The molecule has 0 N–H and O–H groups in total. The molecule has 0 saturated heterocycles. The quantitative estimate of drug-likeness (QED) is 0.460. The SMILES string of the molecule is Cc1cccc(-c2noc(Cn3ccn4nc(-c5ccccc5C)cc4c3=O)n2)c1. The minimum atomic E-state index is -0.167. The van der Waals surface area contributed by atoms with Crippen LogP contribution in [0, 0.1) is 13.8 Å². The lowest BCUT2D eigenvalue weighted by molar-refractivity contribution is 0.370. The summed E-state index contributed by atoms with van der Waals surface area (Å²) >= 11 is 0. The van der Waals surface area contributed by atoms with E-state index in [1.54, 1.807) is 21.5 Å². The lowest BCUT2D eigenvalue weighted by atomic mass is 10.1. The van der Waals surface area contributed by atoms with Gasteiger partial charge in [0.1, 0.15) is 12.1 Å². The van der Waals surface area contributed by atoms with Crippen molar-refractivity contribution in [1.82, 2.24) is 24.3 Å². The minimum Gasteiger partial charge on any atom is -0.337 e. The molecule has 0 spiro atoms. The standard InChI is InChI=1S/C23H19N5O2/c1-15-6-5-8-17(12-15)22-24-21(30-26-22)14-27-10-11-28-20(23(27)29)13-19(25-28)18-9-4-3-7-16(18)2/h3-13H,14H2,1-2H3. The van der Waals surface area contributed by atoms with Crippen LogP contribution in [-0.2, 0) is 6.54 Å². The Bertz CT molecular complexity index is 1430. The second-order valence-electron chi connectivity index (χ2n) is 7.29. The highest BCUT2D eigenvalue weighted by molar-refractivity contribution is 5.68. The van der Waals surface area contributed by atoms with Gasteiger partial charge in [0.15, 0.2) is 0 Å². The van der Waals surface area contributed by atoms with E-state index >= 15 is 0 Å². The third kappa shape index (κ3) is 3.20. The van der Waals surface area contributed by atoms with Gasteiger partial charge in [-0.3, -0.25) is 4.79 Å². The Morgan fingerprint density at radius 2 is 1.87 bits per heavy atom. The summed E-state index contributed by atoms with van der Waals surface area (Å²) < 4.78 is 8.53. The van der Waals surface area contributed by atoms with Crippen LogP contribution in [0.25, 0.3) is 28.2 Å². The Morgan fingerprint density at radius 1 is 1.00 bits per heavy atom. The number of hydrogen-bond acceptors (Lipinski definition) is 5. The van der Waals surface area contributed by atoms with Crippen molar-refractivity contribution < 1.29 is 4.52 Å². The van der Waals surface area contributed by atoms with E-state index in [0.717, 1.165) is 27.9 Å². The fourth-order valence-electron chi connectivity index (χ4n) is 3.51. The van der Waals surface area contributed by atoms with Crippen molar-refractivity contribution in [3.63, 3.8) is 0 Å². The van der Waals surface area contributed by atoms with Gasteiger partial charge in [-0.05, 0) is 31.5 Å². The number of rotatable bonds is 4. The molecule has 0 aliphatic carbocycles. The Morgan fingerprint density at radius 3 is 2.70 bits per heavy atom. The molecule has 3 heterocycles. The van der Waals surface area contributed by atoms with Gasteiger partial charge >= 0.3 is 0 Å². The molecule has 5 rings (SSSR count). The predicted octanol–water partition coefficient (Wildman–Crippen LogP) is 3.88. The molecule has 0 amide bonds. The second kappa shape index (κ2) is 7.11. The van der Waals surface area contributed by atoms with Gasteiger partial charge in [-0.25, -0.2) is 4.52 Å². The summed E-state index contributed by atoms with van der Waals surface area (Å²) in [6.45, 7) is 4.23. The van der Waals surface area contributed by atoms with Crippen LogP contribution in [0.3, 0.4) is 0 Å². The van der Waals surface area contributed by atoms with Crippen molar-refractivity contribution in [3.05, 3.63) is 94.4 Å². The largest absolute Gasteiger partial charge is 0.337 e. The molecule has 0 radical (unpaired) electrons. The van der Waals surface area contributed by atoms with Gasteiger partial charge in [-0.2, -0.15) is 10.1 Å². The van der Waals surface area contributed by atoms with Gasteiger partial charge in [0.2, 0.25) is 11.7 Å². The molecule has 148 valence electrons. The molecule has 0 aliphatic heterocycles. The third-order valence-corrected chi connectivity index (χ3v) is 5.07. The first-order valence-corrected chi connectivity index (χ1v) is 9.63. The fraction of sp³-hybridized carbons (Fsp3) is 0.130. The number of fused-ring (bicyclic) bond motifs is 1. The van der Waals surface area contributed by atoms with Crippen LogP contribution in [0.5, 0.6) is 0 Å². The van der Waals surface area contributed by atoms with Crippen LogP contribution in [0.1, 0.15) is 17.0 Å². The van der Waals surface area contributed by atoms with Gasteiger partial charge in [0.05, 0.1) is 5.69 Å². The van der Waals surface area contributed by atoms with Gasteiger partial charge in [-0.15, -0.1) is 0 Å². The summed E-state index contributed by atoms with van der Waals surface area (Å²) in [5.41, 5.74) is 5.21. The molecule has 3 aromatic heterocycles. The van der Waals surface area contributed by atoms with E-state index in [4.69, 9.17) is 4.52 Å². The molecule has 0 fully saturated rings. The number of aryl methyl sites for hydroxylation is 2. The molecule has 7 nitrogen and oxygen atoms in total. The van der Waals surface area contributed by atoms with Gasteiger partial charge in [-0.1, -0.05) is 53.2 Å². The van der Waals surface area contributed by atoms with Crippen LogP contribution in [0.4, 0.5) is 0 Å². The van der Waals surface area contributed by atoms with E-state index in [9.17, 15) is 4.79 Å². The average molecular weight is 397 g/mol. The monoisotopic (exact) mass is 397 g/mol. The van der Waals surface area contributed by atoms with E-state index in [1.807, 2.05) is 68.4 Å². The summed E-state index contributed by atoms with van der Waals surface area (Å²) in [5.74, 6) is 0.880. The molecule has 0 bridgehead atoms. The highest BCUT2D eigenvalue weighted by Gasteiger charge is 2.13. The Balaban J connectivity index is 1.48. The Kier molecular flexibility index (Phi) is 4.28. The summed E-state index contributed by atoms with van der Waals surface area (Å²) in [5, 5.41) is 8.61. The van der Waals surface area contributed by atoms with Crippen molar-refractivity contribution in [2.24, 2.45) is 0 Å². The average Bonchev–Trinajstić information content (AvgIpc) is 3.38. The molecule has 0 unspecified atom stereocenters. The lowest BCUT2D eigenvalue weighted by Crippen LogP contribution is -2.21. The molecule has 2 aromatic carbocycles. The van der Waals surface area contributed by atoms with Crippen molar-refractivity contribution in [2.45, 2.75) is 20.4 Å². The lowest BCUT2D eigenvalue weighted by Gasteiger charge is -2.02. The zero-order valence-corrected chi connectivity index (χ0v) is 16.6. The molecule has 0 aliphatic rings. The van der Waals surface area contributed by atoms with Crippen LogP contribution < -0.4 is 5.56 Å². The first-order chi connectivity index (χ1) is 14.6. The minimum absolute atomic E-state index is 0.167. The fourth-order valence-corrected chi connectivity index (χ4v) is 3.51. The van der Waals surface area contributed by atoms with Crippen LogP contribution >= 0.6 is 0 Å². The number of aromatic nitrogens is 5. The number of benzene rings is 2. The number of nitrogens with zero attached hydrogens (tertiary/aromatic N) is 5. The van der Waals surface area contributed by atoms with Gasteiger partial charge < -0.3 is 9.09 Å². The maximum Gasteiger partial charge on any atom is 0.277 e. The van der Waals surface area contributed by atoms with E-state index in [0.29, 0.717) is 17.2 Å². The van der Waals surface area contributed by atoms with Crippen molar-refractivity contribution in [2.75, 3.05) is 0 Å². The highest BCUT2D eigenvalue weighted by Crippen LogP contribution is 2.22. The molecule has 5 aromatic rings. The second-order valence-corrected chi connectivity index (χ2v) is 7.29. The first kappa shape index (κ1) is 18.1. The van der Waals surface area contributed by atoms with E-state index < -0.39 is 0 Å². The van der Waals surface area contributed by atoms with Crippen LogP contribution in [0.15, 0.2) is 76.3 Å². The van der Waals surface area contributed by atoms with Crippen molar-refractivity contribution in [3.8, 4) is 22.6 Å². The predicted molar refractivity (Wildman–Crippen MR) is 113 cm³/mol. The Hall–Kier alpha value is -4.00. The molecule has 7 heteroatoms. The zero-order valence-electron chi connectivity index (χ0n) is 16.6. The summed E-state index contributed by atoms with van der Waals surface area (Å²) in [6.07, 6.45) is 3.44. The van der Waals surface area contributed by atoms with Crippen LogP contribution in [0.2, 0.25) is 0 Å². The molecule has 0 saturated carbocycles.